The first kappa shape index (κ1) is 30.1. The molecular weight excluding hydrogens is 483 g/mol. The standard InChI is InChI=1S/C15H20F3NO2.C9H6F4O/c1-11(2)5-7-19(10-21)13-4-3-12(6-8-20)14(9-13)15(16,17)18;10-7-2-1-6(3-4-14)8(5-7)9(11,12)13/h3-4,8-9,11,21H,5-7,10H2,1-2H3;1-2,4-5H,3H2. The number of alkyl halides is 6. The van der Waals surface area contributed by atoms with Crippen LogP contribution in [-0.4, -0.2) is 31.0 Å². The molecule has 4 nitrogen and oxygen atoms in total. The fraction of sp³-hybridized carbons (Fsp3) is 0.417. The molecule has 2 aromatic carbocycles. The van der Waals surface area contributed by atoms with E-state index < -0.39 is 29.3 Å². The minimum Gasteiger partial charge on any atom is -0.376 e. The van der Waals surface area contributed by atoms with Crippen molar-refractivity contribution in [1.82, 2.24) is 0 Å². The van der Waals surface area contributed by atoms with Crippen LogP contribution in [0.1, 0.15) is 42.5 Å². The van der Waals surface area contributed by atoms with E-state index in [9.17, 15) is 45.4 Å². The summed E-state index contributed by atoms with van der Waals surface area (Å²) in [6.07, 6.45) is -8.23. The van der Waals surface area contributed by atoms with Crippen LogP contribution in [0, 0.1) is 11.7 Å². The number of carbonyl (C=O) groups is 2. The van der Waals surface area contributed by atoms with Gasteiger partial charge in [-0.15, -0.1) is 0 Å². The van der Waals surface area contributed by atoms with E-state index in [2.05, 4.69) is 0 Å². The van der Waals surface area contributed by atoms with E-state index >= 15 is 0 Å². The predicted molar refractivity (Wildman–Crippen MR) is 116 cm³/mol. The summed E-state index contributed by atoms with van der Waals surface area (Å²) >= 11 is 0. The fourth-order valence-corrected chi connectivity index (χ4v) is 3.07. The number of hydrogen-bond donors (Lipinski definition) is 1. The SMILES string of the molecule is CC(C)CCN(CO)c1ccc(CC=O)c(C(F)(F)F)c1.O=CCc1ccc(F)cc1C(F)(F)F. The Hall–Kier alpha value is -2.95. The maximum Gasteiger partial charge on any atom is 0.416 e. The molecule has 0 fully saturated rings. The van der Waals surface area contributed by atoms with Crippen molar-refractivity contribution in [3.63, 3.8) is 0 Å². The average molecular weight is 509 g/mol. The highest BCUT2D eigenvalue weighted by molar-refractivity contribution is 5.60. The van der Waals surface area contributed by atoms with Gasteiger partial charge in [0.1, 0.15) is 25.1 Å². The maximum absolute atomic E-state index is 13.0. The molecule has 0 spiro atoms. The van der Waals surface area contributed by atoms with Crippen LogP contribution in [-0.2, 0) is 34.8 Å². The molecule has 0 aromatic heterocycles. The van der Waals surface area contributed by atoms with Crippen LogP contribution < -0.4 is 4.90 Å². The number of hydrogen-bond acceptors (Lipinski definition) is 4. The van der Waals surface area contributed by atoms with Crippen molar-refractivity contribution in [3.8, 4) is 0 Å². The summed E-state index contributed by atoms with van der Waals surface area (Å²) < 4.78 is 88.4. The molecule has 0 aliphatic heterocycles. The third-order valence-corrected chi connectivity index (χ3v) is 4.89. The number of aliphatic hydroxyl groups excluding tert-OH is 1. The van der Waals surface area contributed by atoms with Gasteiger partial charge in [-0.3, -0.25) is 0 Å². The van der Waals surface area contributed by atoms with E-state index in [1.807, 2.05) is 13.8 Å². The topological polar surface area (TPSA) is 57.6 Å². The highest BCUT2D eigenvalue weighted by Crippen LogP contribution is 2.35. The van der Waals surface area contributed by atoms with E-state index in [1.54, 1.807) is 0 Å². The Kier molecular flexibility index (Phi) is 11.4. The van der Waals surface area contributed by atoms with Crippen LogP contribution in [0.15, 0.2) is 36.4 Å². The van der Waals surface area contributed by atoms with Gasteiger partial charge in [0.15, 0.2) is 0 Å². The van der Waals surface area contributed by atoms with Crippen LogP contribution in [0.4, 0.5) is 36.4 Å². The lowest BCUT2D eigenvalue weighted by molar-refractivity contribution is -0.139. The van der Waals surface area contributed by atoms with Crippen molar-refractivity contribution in [1.29, 1.82) is 0 Å². The normalized spacial score (nSPS) is 11.6. The van der Waals surface area contributed by atoms with E-state index in [0.29, 0.717) is 36.8 Å². The van der Waals surface area contributed by atoms with Gasteiger partial charge < -0.3 is 19.6 Å². The van der Waals surface area contributed by atoms with Crippen LogP contribution >= 0.6 is 0 Å². The van der Waals surface area contributed by atoms with E-state index in [1.165, 1.54) is 17.0 Å². The Morgan fingerprint density at radius 2 is 1.34 bits per heavy atom. The lowest BCUT2D eigenvalue weighted by Gasteiger charge is -2.24. The van der Waals surface area contributed by atoms with Gasteiger partial charge in [0.25, 0.3) is 0 Å². The number of rotatable bonds is 9. The second kappa shape index (κ2) is 13.2. The second-order valence-corrected chi connectivity index (χ2v) is 7.97. The van der Waals surface area contributed by atoms with E-state index in [0.717, 1.165) is 24.6 Å². The number of nitrogens with zero attached hydrogens (tertiary/aromatic N) is 1. The van der Waals surface area contributed by atoms with Crippen molar-refractivity contribution in [2.24, 2.45) is 5.92 Å². The van der Waals surface area contributed by atoms with Crippen LogP contribution in [0.25, 0.3) is 0 Å². The van der Waals surface area contributed by atoms with Crippen molar-refractivity contribution in [3.05, 3.63) is 64.5 Å². The summed E-state index contributed by atoms with van der Waals surface area (Å²) in [5.74, 6) is -0.581. The smallest absolute Gasteiger partial charge is 0.376 e. The minimum absolute atomic E-state index is 0.0528. The zero-order valence-electron chi connectivity index (χ0n) is 19.1. The first-order valence-corrected chi connectivity index (χ1v) is 10.5. The van der Waals surface area contributed by atoms with Crippen LogP contribution in [0.3, 0.4) is 0 Å². The molecule has 2 rings (SSSR count). The molecular formula is C24H26F7NO3. The number of benzene rings is 2. The summed E-state index contributed by atoms with van der Waals surface area (Å²) in [6, 6.07) is 6.05. The van der Waals surface area contributed by atoms with Crippen molar-refractivity contribution in [2.45, 2.75) is 45.5 Å². The largest absolute Gasteiger partial charge is 0.416 e. The molecule has 11 heteroatoms. The number of anilines is 1. The molecule has 0 radical (unpaired) electrons. The maximum atomic E-state index is 13.0. The van der Waals surface area contributed by atoms with Crippen LogP contribution in [0.5, 0.6) is 0 Å². The summed E-state index contributed by atoms with van der Waals surface area (Å²) in [7, 11) is 0. The lowest BCUT2D eigenvalue weighted by atomic mass is 10.0. The summed E-state index contributed by atoms with van der Waals surface area (Å²) in [6.45, 7) is 4.13. The Morgan fingerprint density at radius 3 is 1.77 bits per heavy atom. The molecule has 0 atom stereocenters. The molecule has 0 aliphatic rings. The monoisotopic (exact) mass is 509 g/mol. The van der Waals surface area contributed by atoms with Gasteiger partial charge >= 0.3 is 12.4 Å². The quantitative estimate of drug-likeness (QED) is 0.262. The van der Waals surface area contributed by atoms with Crippen LogP contribution in [0.2, 0.25) is 0 Å². The summed E-state index contributed by atoms with van der Waals surface area (Å²) in [5, 5.41) is 9.35. The van der Waals surface area contributed by atoms with Gasteiger partial charge in [-0.25, -0.2) is 4.39 Å². The Balaban J connectivity index is 0.000000379. The molecule has 0 saturated carbocycles. The van der Waals surface area contributed by atoms with Gasteiger partial charge in [-0.05, 0) is 47.7 Å². The third kappa shape index (κ3) is 9.67. The highest BCUT2D eigenvalue weighted by atomic mass is 19.4. The summed E-state index contributed by atoms with van der Waals surface area (Å²) in [4.78, 5) is 22.1. The lowest BCUT2D eigenvalue weighted by Crippen LogP contribution is -2.27. The molecule has 0 amide bonds. The fourth-order valence-electron chi connectivity index (χ4n) is 3.07. The number of carbonyl (C=O) groups excluding carboxylic acids is 2. The van der Waals surface area contributed by atoms with Crippen molar-refractivity contribution >= 4 is 18.3 Å². The van der Waals surface area contributed by atoms with Gasteiger partial charge in [0.2, 0.25) is 0 Å². The Labute approximate surface area is 198 Å². The molecule has 1 N–H and O–H groups in total. The minimum atomic E-state index is -4.62. The average Bonchev–Trinajstić information content (AvgIpc) is 2.75. The first-order chi connectivity index (χ1) is 16.2. The molecule has 0 aliphatic carbocycles. The molecule has 2 aromatic rings. The molecule has 35 heavy (non-hydrogen) atoms. The molecule has 194 valence electrons. The van der Waals surface area contributed by atoms with Gasteiger partial charge in [-0.1, -0.05) is 26.0 Å². The summed E-state index contributed by atoms with van der Waals surface area (Å²) in [5.41, 5.74) is -1.88. The molecule has 0 unspecified atom stereocenters. The first-order valence-electron chi connectivity index (χ1n) is 10.5. The second-order valence-electron chi connectivity index (χ2n) is 7.97. The molecule has 0 bridgehead atoms. The van der Waals surface area contributed by atoms with Crippen molar-refractivity contribution in [2.75, 3.05) is 18.2 Å². The zero-order valence-corrected chi connectivity index (χ0v) is 19.1. The van der Waals surface area contributed by atoms with Gasteiger partial charge in [-0.2, -0.15) is 26.3 Å². The van der Waals surface area contributed by atoms with E-state index in [-0.39, 0.29) is 30.7 Å². The zero-order chi connectivity index (χ0) is 26.8. The Bertz CT molecular complexity index is 973. The third-order valence-electron chi connectivity index (χ3n) is 4.89. The van der Waals surface area contributed by atoms with E-state index in [4.69, 9.17) is 0 Å². The molecule has 0 heterocycles. The van der Waals surface area contributed by atoms with Gasteiger partial charge in [0.05, 0.1) is 11.1 Å². The Morgan fingerprint density at radius 1 is 0.857 bits per heavy atom. The number of aliphatic hydroxyl groups is 1. The predicted octanol–water partition coefficient (Wildman–Crippen LogP) is 5.84. The van der Waals surface area contributed by atoms with Gasteiger partial charge in [0, 0.05) is 25.1 Å². The number of aldehydes is 2. The highest BCUT2D eigenvalue weighted by Gasteiger charge is 2.34. The van der Waals surface area contributed by atoms with Crippen molar-refractivity contribution < 1.29 is 45.4 Å². The number of halogens is 7. The molecule has 0 saturated heterocycles.